The van der Waals surface area contributed by atoms with E-state index < -0.39 is 17.4 Å². The molecule has 0 unspecified atom stereocenters. The summed E-state index contributed by atoms with van der Waals surface area (Å²) < 4.78 is 34.1. The second kappa shape index (κ2) is 7.23. The molecular formula is C21H13F2N3O3. The Morgan fingerprint density at radius 3 is 2.59 bits per heavy atom. The number of allylic oxidation sites excluding steroid dienone is 1. The third-order valence-electron chi connectivity index (χ3n) is 4.35. The number of fused-ring (bicyclic) bond motifs is 1. The molecule has 0 saturated carbocycles. The van der Waals surface area contributed by atoms with Gasteiger partial charge < -0.3 is 4.42 Å². The maximum Gasteiger partial charge on any atom is 0.212 e. The van der Waals surface area contributed by atoms with Gasteiger partial charge in [0.25, 0.3) is 0 Å². The number of ketones is 1. The molecule has 0 fully saturated rings. The maximum absolute atomic E-state index is 14.2. The van der Waals surface area contributed by atoms with Crippen LogP contribution >= 0.6 is 0 Å². The van der Waals surface area contributed by atoms with Crippen LogP contribution in [0.15, 0.2) is 64.5 Å². The summed E-state index contributed by atoms with van der Waals surface area (Å²) in [5.74, 6) is -2.60. The Kier molecular flexibility index (Phi) is 4.59. The molecule has 0 aliphatic carbocycles. The molecule has 2 aromatic heterocycles. The minimum Gasteiger partial charge on any atom is -0.463 e. The molecule has 0 spiro atoms. The highest BCUT2D eigenvalue weighted by molar-refractivity contribution is 6.28. The quantitative estimate of drug-likeness (QED) is 0.389. The Balaban J connectivity index is 1.90. The Bertz CT molecular complexity index is 1330. The smallest absolute Gasteiger partial charge is 0.212 e. The van der Waals surface area contributed by atoms with E-state index in [0.29, 0.717) is 17.0 Å². The van der Waals surface area contributed by atoms with E-state index in [1.807, 2.05) is 13.0 Å². The number of halogens is 2. The largest absolute Gasteiger partial charge is 0.463 e. The number of Topliss-reactive ketones (excluding diaryl/α,β-unsaturated/α-hetero) is 1. The van der Waals surface area contributed by atoms with Crippen LogP contribution in [0, 0.1) is 18.6 Å². The van der Waals surface area contributed by atoms with Crippen LogP contribution in [0.2, 0.25) is 0 Å². The summed E-state index contributed by atoms with van der Waals surface area (Å²) in [6.07, 6.45) is 4.96. The second-order valence-corrected chi connectivity index (χ2v) is 6.37. The number of hydrogen-bond acceptors (Lipinski definition) is 5. The summed E-state index contributed by atoms with van der Waals surface area (Å²) in [6.45, 7) is 1.84. The predicted molar refractivity (Wildman–Crippen MR) is 102 cm³/mol. The summed E-state index contributed by atoms with van der Waals surface area (Å²) in [7, 11) is 0. The molecule has 0 aliphatic rings. The summed E-state index contributed by atoms with van der Waals surface area (Å²) in [5, 5.41) is 7.64. The Hall–Kier alpha value is -3.94. The van der Waals surface area contributed by atoms with Gasteiger partial charge in [-0.1, -0.05) is 11.6 Å². The van der Waals surface area contributed by atoms with E-state index in [-0.39, 0.29) is 22.3 Å². The van der Waals surface area contributed by atoms with E-state index in [2.05, 4.69) is 10.2 Å². The van der Waals surface area contributed by atoms with Crippen molar-refractivity contribution in [2.45, 2.75) is 6.92 Å². The summed E-state index contributed by atoms with van der Waals surface area (Å²) >= 11 is 0. The summed E-state index contributed by atoms with van der Waals surface area (Å²) in [4.78, 5) is 25.8. The highest BCUT2D eigenvalue weighted by Crippen LogP contribution is 2.20. The first-order chi connectivity index (χ1) is 13.9. The van der Waals surface area contributed by atoms with Gasteiger partial charge in [-0.25, -0.2) is 8.78 Å². The van der Waals surface area contributed by atoms with Crippen LogP contribution in [0.1, 0.15) is 21.5 Å². The molecular weight excluding hydrogens is 380 g/mol. The first-order valence-electron chi connectivity index (χ1n) is 8.52. The number of carbonyl (C=O) groups excluding carboxylic acids is 1. The number of benzene rings is 2. The van der Waals surface area contributed by atoms with E-state index in [9.17, 15) is 18.4 Å². The number of rotatable bonds is 4. The third kappa shape index (κ3) is 3.47. The van der Waals surface area contributed by atoms with Crippen LogP contribution in [0.25, 0.3) is 22.7 Å². The average molecular weight is 393 g/mol. The summed E-state index contributed by atoms with van der Waals surface area (Å²) in [5.41, 5.74) is 0.552. The highest BCUT2D eigenvalue weighted by Gasteiger charge is 2.20. The van der Waals surface area contributed by atoms with Crippen molar-refractivity contribution in [2.24, 2.45) is 0 Å². The van der Waals surface area contributed by atoms with Gasteiger partial charge in [0.1, 0.15) is 36.1 Å². The van der Waals surface area contributed by atoms with Crippen molar-refractivity contribution in [1.29, 1.82) is 0 Å². The van der Waals surface area contributed by atoms with Gasteiger partial charge in [0.15, 0.2) is 5.43 Å². The zero-order valence-corrected chi connectivity index (χ0v) is 15.1. The molecule has 0 amide bonds. The van der Waals surface area contributed by atoms with Crippen molar-refractivity contribution < 1.29 is 18.0 Å². The lowest BCUT2D eigenvalue weighted by Gasteiger charge is -2.08. The Morgan fingerprint density at radius 1 is 1.10 bits per heavy atom. The normalized spacial score (nSPS) is 11.8. The maximum atomic E-state index is 14.2. The molecule has 2 heterocycles. The van der Waals surface area contributed by atoms with Crippen molar-refractivity contribution in [1.82, 2.24) is 14.8 Å². The number of aromatic nitrogens is 3. The van der Waals surface area contributed by atoms with Gasteiger partial charge in [0, 0.05) is 6.07 Å². The predicted octanol–water partition coefficient (Wildman–Crippen LogP) is 3.85. The van der Waals surface area contributed by atoms with Crippen LogP contribution in [-0.4, -0.2) is 20.5 Å². The lowest BCUT2D eigenvalue weighted by molar-refractivity contribution is 0.104. The molecule has 6 nitrogen and oxygen atoms in total. The van der Waals surface area contributed by atoms with Crippen LogP contribution in [0.4, 0.5) is 8.78 Å². The lowest BCUT2D eigenvalue weighted by atomic mass is 10.0. The van der Waals surface area contributed by atoms with Crippen molar-refractivity contribution in [3.05, 3.63) is 93.9 Å². The fraction of sp³-hybridized carbons (Fsp3) is 0.0476. The number of aryl methyl sites for hydroxylation is 1. The molecule has 0 atom stereocenters. The standard InChI is InChI=1S/C21H13F2N3O3/c1-12-2-5-19-16(6-12)20(27)13(9-29-19)7-18(26-10-24-25-11-26)21(28)15-4-3-14(22)8-17(15)23/h2-11H,1H3/b18-7-. The van der Waals surface area contributed by atoms with E-state index >= 15 is 0 Å². The van der Waals surface area contributed by atoms with Gasteiger partial charge in [-0.2, -0.15) is 0 Å². The molecule has 0 aliphatic heterocycles. The monoisotopic (exact) mass is 393 g/mol. The van der Waals surface area contributed by atoms with Crippen LogP contribution in [0.3, 0.4) is 0 Å². The molecule has 2 aromatic carbocycles. The molecule has 29 heavy (non-hydrogen) atoms. The molecule has 144 valence electrons. The van der Waals surface area contributed by atoms with Crippen molar-refractivity contribution >= 4 is 28.5 Å². The third-order valence-corrected chi connectivity index (χ3v) is 4.35. The molecule has 4 aromatic rings. The van der Waals surface area contributed by atoms with Crippen LogP contribution < -0.4 is 5.43 Å². The van der Waals surface area contributed by atoms with Crippen molar-refractivity contribution in [3.63, 3.8) is 0 Å². The number of carbonyl (C=O) groups is 1. The van der Waals surface area contributed by atoms with Crippen LogP contribution in [-0.2, 0) is 0 Å². The zero-order chi connectivity index (χ0) is 20.5. The molecule has 0 N–H and O–H groups in total. The van der Waals surface area contributed by atoms with Crippen molar-refractivity contribution in [3.8, 4) is 0 Å². The van der Waals surface area contributed by atoms with E-state index in [1.54, 1.807) is 12.1 Å². The van der Waals surface area contributed by atoms with Crippen LogP contribution in [0.5, 0.6) is 0 Å². The first-order valence-corrected chi connectivity index (χ1v) is 8.52. The average Bonchev–Trinajstić information content (AvgIpc) is 3.22. The molecule has 0 saturated heterocycles. The van der Waals surface area contributed by atoms with Gasteiger partial charge in [0.05, 0.1) is 22.2 Å². The van der Waals surface area contributed by atoms with Gasteiger partial charge in [-0.3, -0.25) is 14.2 Å². The highest BCUT2D eigenvalue weighted by atomic mass is 19.1. The number of hydrogen-bond donors (Lipinski definition) is 0. The fourth-order valence-electron chi connectivity index (χ4n) is 2.90. The SMILES string of the molecule is Cc1ccc2occ(/C=C(/C(=O)c3ccc(F)cc3F)n3cnnc3)c(=O)c2c1. The molecule has 0 bridgehead atoms. The van der Waals surface area contributed by atoms with Gasteiger partial charge >= 0.3 is 0 Å². The minimum atomic E-state index is -1.02. The number of nitrogens with zero attached hydrogens (tertiary/aromatic N) is 3. The molecule has 8 heteroatoms. The molecule has 4 rings (SSSR count). The first kappa shape index (κ1) is 18.4. The van der Waals surface area contributed by atoms with E-state index in [4.69, 9.17) is 4.42 Å². The van der Waals surface area contributed by atoms with Gasteiger partial charge in [-0.05, 0) is 37.3 Å². The Labute approximate surface area is 162 Å². The van der Waals surface area contributed by atoms with Crippen molar-refractivity contribution in [2.75, 3.05) is 0 Å². The molecule has 0 radical (unpaired) electrons. The van der Waals surface area contributed by atoms with E-state index in [0.717, 1.165) is 17.7 Å². The second-order valence-electron chi connectivity index (χ2n) is 6.37. The Morgan fingerprint density at radius 2 is 1.86 bits per heavy atom. The van der Waals surface area contributed by atoms with Gasteiger partial charge in [0.2, 0.25) is 5.78 Å². The van der Waals surface area contributed by atoms with E-state index in [1.165, 1.54) is 29.6 Å². The topological polar surface area (TPSA) is 78.0 Å². The summed E-state index contributed by atoms with van der Waals surface area (Å²) in [6, 6.07) is 7.80. The minimum absolute atomic E-state index is 0.0858. The fourth-order valence-corrected chi connectivity index (χ4v) is 2.90. The van der Waals surface area contributed by atoms with Gasteiger partial charge in [-0.15, -0.1) is 10.2 Å². The lowest BCUT2D eigenvalue weighted by Crippen LogP contribution is -2.12. The zero-order valence-electron chi connectivity index (χ0n) is 15.1.